The highest BCUT2D eigenvalue weighted by atomic mass is 16.5. The van der Waals surface area contributed by atoms with Crippen LogP contribution in [-0.4, -0.2) is 23.1 Å². The van der Waals surface area contributed by atoms with Crippen molar-refractivity contribution in [2.24, 2.45) is 5.92 Å². The van der Waals surface area contributed by atoms with Crippen molar-refractivity contribution in [1.82, 2.24) is 4.90 Å². The summed E-state index contributed by atoms with van der Waals surface area (Å²) in [4.78, 5) is 13.5. The van der Waals surface area contributed by atoms with Crippen LogP contribution < -0.4 is 0 Å². The van der Waals surface area contributed by atoms with Crippen molar-refractivity contribution in [3.63, 3.8) is 0 Å². The van der Waals surface area contributed by atoms with E-state index < -0.39 is 0 Å². The van der Waals surface area contributed by atoms with Crippen LogP contribution >= 0.6 is 0 Å². The van der Waals surface area contributed by atoms with Gasteiger partial charge in [-0.3, -0.25) is 0 Å². The molecule has 1 saturated carbocycles. The Morgan fingerprint density at radius 1 is 1.44 bits per heavy atom. The lowest BCUT2D eigenvalue weighted by Gasteiger charge is -2.28. The van der Waals surface area contributed by atoms with Gasteiger partial charge in [-0.2, -0.15) is 0 Å². The van der Waals surface area contributed by atoms with Gasteiger partial charge in [0.05, 0.1) is 6.26 Å². The molecule has 0 bridgehead atoms. The summed E-state index contributed by atoms with van der Waals surface area (Å²) >= 11 is 0. The highest BCUT2D eigenvalue weighted by Gasteiger charge is 2.25. The first-order chi connectivity index (χ1) is 7.43. The fourth-order valence-corrected chi connectivity index (χ4v) is 1.70. The summed E-state index contributed by atoms with van der Waals surface area (Å²) in [6.07, 6.45) is 4.11. The molecule has 3 heteroatoms. The van der Waals surface area contributed by atoms with E-state index in [1.54, 1.807) is 4.90 Å². The van der Waals surface area contributed by atoms with E-state index in [-0.39, 0.29) is 18.2 Å². The summed E-state index contributed by atoms with van der Waals surface area (Å²) < 4.78 is 5.09. The molecule has 0 radical (unpaired) electrons. The van der Waals surface area contributed by atoms with Gasteiger partial charge in [-0.1, -0.05) is 12.2 Å². The number of hydrogen-bond donors (Lipinski definition) is 0. The molecule has 1 aliphatic carbocycles. The van der Waals surface area contributed by atoms with E-state index in [0.717, 1.165) is 6.42 Å². The smallest absolute Gasteiger partial charge is 0.415 e. The summed E-state index contributed by atoms with van der Waals surface area (Å²) in [5.74, 6) is 0.416. The van der Waals surface area contributed by atoms with Gasteiger partial charge >= 0.3 is 6.09 Å². The van der Waals surface area contributed by atoms with Crippen LogP contribution in [0.1, 0.15) is 34.1 Å². The number of carbonyl (C=O) groups excluding carboxylic acids is 1. The molecule has 3 nitrogen and oxygen atoms in total. The van der Waals surface area contributed by atoms with Crippen molar-refractivity contribution < 1.29 is 9.53 Å². The minimum Gasteiger partial charge on any atom is -0.418 e. The quantitative estimate of drug-likeness (QED) is 0.540. The van der Waals surface area contributed by atoms with Crippen molar-refractivity contribution in [2.45, 2.75) is 46.2 Å². The van der Waals surface area contributed by atoms with Gasteiger partial charge in [0, 0.05) is 18.0 Å². The molecule has 1 fully saturated rings. The van der Waals surface area contributed by atoms with Gasteiger partial charge in [0.2, 0.25) is 0 Å². The molecule has 0 heterocycles. The van der Waals surface area contributed by atoms with E-state index in [9.17, 15) is 4.79 Å². The Labute approximate surface area is 97.8 Å². The third kappa shape index (κ3) is 3.40. The Morgan fingerprint density at radius 3 is 2.31 bits per heavy atom. The zero-order valence-electron chi connectivity index (χ0n) is 10.6. The van der Waals surface area contributed by atoms with Crippen molar-refractivity contribution >= 4 is 6.09 Å². The topological polar surface area (TPSA) is 29.5 Å². The van der Waals surface area contributed by atoms with Crippen LogP contribution in [0, 0.1) is 5.92 Å². The molecule has 16 heavy (non-hydrogen) atoms. The number of allylic oxidation sites excluding steroid dienone is 2. The van der Waals surface area contributed by atoms with Gasteiger partial charge in [-0.15, -0.1) is 0 Å². The van der Waals surface area contributed by atoms with Crippen molar-refractivity contribution in [3.8, 4) is 0 Å². The van der Waals surface area contributed by atoms with Crippen LogP contribution in [-0.2, 0) is 4.74 Å². The van der Waals surface area contributed by atoms with Crippen LogP contribution in [0.3, 0.4) is 0 Å². The molecule has 1 unspecified atom stereocenters. The van der Waals surface area contributed by atoms with Crippen molar-refractivity contribution in [2.75, 3.05) is 0 Å². The summed E-state index contributed by atoms with van der Waals surface area (Å²) in [6.45, 7) is 11.8. The highest BCUT2D eigenvalue weighted by Crippen LogP contribution is 2.36. The van der Waals surface area contributed by atoms with Gasteiger partial charge in [0.25, 0.3) is 0 Å². The number of carbonyl (C=O) groups is 1. The zero-order chi connectivity index (χ0) is 12.3. The largest absolute Gasteiger partial charge is 0.418 e. The van der Waals surface area contributed by atoms with Gasteiger partial charge in [-0.05, 0) is 40.2 Å². The van der Waals surface area contributed by atoms with E-state index >= 15 is 0 Å². The maximum absolute atomic E-state index is 11.7. The first kappa shape index (κ1) is 12.8. The van der Waals surface area contributed by atoms with E-state index in [4.69, 9.17) is 4.74 Å². The van der Waals surface area contributed by atoms with Crippen LogP contribution in [0.15, 0.2) is 24.5 Å². The minimum absolute atomic E-state index is 0.150. The summed E-state index contributed by atoms with van der Waals surface area (Å²) in [5.41, 5.74) is 1.21. The predicted octanol–water partition coefficient (Wildman–Crippen LogP) is 3.33. The second-order valence-electron chi connectivity index (χ2n) is 4.78. The van der Waals surface area contributed by atoms with Gasteiger partial charge in [-0.25, -0.2) is 4.79 Å². The van der Waals surface area contributed by atoms with Gasteiger partial charge < -0.3 is 9.64 Å². The van der Waals surface area contributed by atoms with Gasteiger partial charge in [0.15, 0.2) is 0 Å². The molecular formula is C13H21NO2. The third-order valence-electron chi connectivity index (χ3n) is 2.65. The van der Waals surface area contributed by atoms with Crippen LogP contribution in [0.2, 0.25) is 0 Å². The SMILES string of the molecule is C=C1CC1/C=C\OC(=O)N(C(C)C)C(C)C. The van der Waals surface area contributed by atoms with Crippen molar-refractivity contribution in [1.29, 1.82) is 0 Å². The fourth-order valence-electron chi connectivity index (χ4n) is 1.70. The molecular weight excluding hydrogens is 202 g/mol. The van der Waals surface area contributed by atoms with E-state index in [0.29, 0.717) is 5.92 Å². The summed E-state index contributed by atoms with van der Waals surface area (Å²) in [7, 11) is 0. The van der Waals surface area contributed by atoms with Crippen molar-refractivity contribution in [3.05, 3.63) is 24.5 Å². The predicted molar refractivity (Wildman–Crippen MR) is 65.0 cm³/mol. The Kier molecular flexibility index (Phi) is 4.16. The van der Waals surface area contributed by atoms with E-state index in [1.165, 1.54) is 11.8 Å². The molecule has 1 aliphatic rings. The summed E-state index contributed by atoms with van der Waals surface area (Å²) in [6, 6.07) is 0.300. The molecule has 0 aliphatic heterocycles. The Morgan fingerprint density at radius 2 is 1.94 bits per heavy atom. The lowest BCUT2D eigenvalue weighted by Crippen LogP contribution is -2.41. The maximum atomic E-state index is 11.7. The molecule has 1 atom stereocenters. The number of rotatable bonds is 4. The van der Waals surface area contributed by atoms with Gasteiger partial charge in [0.1, 0.15) is 0 Å². The highest BCUT2D eigenvalue weighted by molar-refractivity contribution is 5.69. The third-order valence-corrected chi connectivity index (χ3v) is 2.65. The lowest BCUT2D eigenvalue weighted by molar-refractivity contribution is 0.109. The molecule has 0 saturated heterocycles. The first-order valence-electron chi connectivity index (χ1n) is 5.76. The minimum atomic E-state index is -0.285. The second kappa shape index (κ2) is 5.19. The van der Waals surface area contributed by atoms with E-state index in [2.05, 4.69) is 6.58 Å². The Balaban J connectivity index is 2.43. The number of hydrogen-bond acceptors (Lipinski definition) is 2. The Hall–Kier alpha value is -1.25. The molecule has 90 valence electrons. The molecule has 1 rings (SSSR count). The van der Waals surface area contributed by atoms with E-state index in [1.807, 2.05) is 33.8 Å². The molecule has 0 N–H and O–H groups in total. The van der Waals surface area contributed by atoms with Crippen LogP contribution in [0.5, 0.6) is 0 Å². The Bertz CT molecular complexity index is 297. The summed E-state index contributed by atoms with van der Waals surface area (Å²) in [5, 5.41) is 0. The number of ether oxygens (including phenoxy) is 1. The normalized spacial score (nSPS) is 19.6. The monoisotopic (exact) mass is 223 g/mol. The van der Waals surface area contributed by atoms with Crippen LogP contribution in [0.25, 0.3) is 0 Å². The standard InChI is InChI=1S/C13H21NO2/c1-9(2)14(10(3)4)13(15)16-7-6-12-8-11(12)5/h6-7,9-10,12H,5,8H2,1-4H3/b7-6-. The number of amides is 1. The average Bonchev–Trinajstić information content (AvgIpc) is 2.80. The average molecular weight is 223 g/mol. The first-order valence-corrected chi connectivity index (χ1v) is 5.76. The lowest BCUT2D eigenvalue weighted by atomic mass is 10.2. The molecule has 1 amide bonds. The molecule has 0 spiro atoms. The second-order valence-corrected chi connectivity index (χ2v) is 4.78. The molecule has 0 aromatic carbocycles. The number of nitrogens with zero attached hydrogens (tertiary/aromatic N) is 1. The zero-order valence-corrected chi connectivity index (χ0v) is 10.6. The fraction of sp³-hybridized carbons (Fsp3) is 0.615. The maximum Gasteiger partial charge on any atom is 0.415 e. The van der Waals surface area contributed by atoms with Crippen LogP contribution in [0.4, 0.5) is 4.79 Å². The molecule has 0 aromatic rings. The molecule has 0 aromatic heterocycles.